The Kier molecular flexibility index (Phi) is 1.44. The zero-order chi connectivity index (χ0) is 8.93. The van der Waals surface area contributed by atoms with E-state index in [-0.39, 0.29) is 12.3 Å². The van der Waals surface area contributed by atoms with E-state index in [0.717, 1.165) is 0 Å². The van der Waals surface area contributed by atoms with Crippen molar-refractivity contribution in [3.63, 3.8) is 0 Å². The highest BCUT2D eigenvalue weighted by Gasteiger charge is 2.59. The van der Waals surface area contributed by atoms with Crippen LogP contribution in [0, 0.1) is 17.8 Å². The number of carboxylic acid groups (broad SMARTS) is 1. The van der Waals surface area contributed by atoms with Gasteiger partial charge in [0, 0.05) is 12.3 Å². The van der Waals surface area contributed by atoms with E-state index in [1.54, 1.807) is 0 Å². The number of halogens is 2. The first-order valence-corrected chi connectivity index (χ1v) is 4.11. The van der Waals surface area contributed by atoms with E-state index in [2.05, 4.69) is 0 Å². The molecule has 1 N–H and O–H groups in total. The maximum absolute atomic E-state index is 13.0. The molecule has 2 rings (SSSR count). The molecule has 68 valence electrons. The molecular formula is C8H10F2O2. The van der Waals surface area contributed by atoms with Gasteiger partial charge in [0.1, 0.15) is 0 Å². The summed E-state index contributed by atoms with van der Waals surface area (Å²) in [5, 5.41) is 8.63. The molecule has 2 aliphatic carbocycles. The van der Waals surface area contributed by atoms with Crippen molar-refractivity contribution in [3.05, 3.63) is 0 Å². The molecule has 4 heteroatoms. The second-order valence-electron chi connectivity index (χ2n) is 3.85. The van der Waals surface area contributed by atoms with E-state index in [4.69, 9.17) is 5.11 Å². The van der Waals surface area contributed by atoms with Crippen LogP contribution in [0.5, 0.6) is 0 Å². The fourth-order valence-electron chi connectivity index (χ4n) is 2.59. The highest BCUT2D eigenvalue weighted by molar-refractivity contribution is 5.71. The quantitative estimate of drug-likeness (QED) is 0.660. The van der Waals surface area contributed by atoms with Crippen LogP contribution < -0.4 is 0 Å². The van der Waals surface area contributed by atoms with Crippen LogP contribution in [0.25, 0.3) is 0 Å². The van der Waals surface area contributed by atoms with Crippen molar-refractivity contribution < 1.29 is 18.7 Å². The molecule has 0 amide bonds. The van der Waals surface area contributed by atoms with E-state index in [1.165, 1.54) is 0 Å². The Balaban J connectivity index is 2.20. The maximum atomic E-state index is 13.0. The highest BCUT2D eigenvalue weighted by atomic mass is 19.3. The van der Waals surface area contributed by atoms with E-state index < -0.39 is 23.7 Å². The summed E-state index contributed by atoms with van der Waals surface area (Å²) in [7, 11) is 0. The molecule has 0 aromatic rings. The van der Waals surface area contributed by atoms with Crippen LogP contribution in [0.2, 0.25) is 0 Å². The number of hydrogen-bond donors (Lipinski definition) is 1. The van der Waals surface area contributed by atoms with Crippen LogP contribution >= 0.6 is 0 Å². The Morgan fingerprint density at radius 3 is 2.42 bits per heavy atom. The third-order valence-electron chi connectivity index (χ3n) is 3.08. The number of hydrogen-bond acceptors (Lipinski definition) is 1. The smallest absolute Gasteiger partial charge is 0.307 e. The molecule has 0 aromatic carbocycles. The summed E-state index contributed by atoms with van der Waals surface area (Å²) in [6.07, 6.45) is 0.765. The van der Waals surface area contributed by atoms with Crippen LogP contribution in [0.4, 0.5) is 8.78 Å². The van der Waals surface area contributed by atoms with Crippen molar-refractivity contribution in [1.29, 1.82) is 0 Å². The zero-order valence-electron chi connectivity index (χ0n) is 6.46. The van der Waals surface area contributed by atoms with Crippen molar-refractivity contribution in [1.82, 2.24) is 0 Å². The van der Waals surface area contributed by atoms with Gasteiger partial charge in [0.25, 0.3) is 5.92 Å². The minimum Gasteiger partial charge on any atom is -0.481 e. The maximum Gasteiger partial charge on any atom is 0.307 e. The summed E-state index contributed by atoms with van der Waals surface area (Å²) in [6, 6.07) is 0. The van der Waals surface area contributed by atoms with Crippen LogP contribution in [0.1, 0.15) is 19.3 Å². The van der Waals surface area contributed by atoms with Gasteiger partial charge in [-0.3, -0.25) is 4.79 Å². The standard InChI is InChI=1S/C8H10F2O2/c9-8(10)3-4-1-5(7(11)12)6(8)2-4/h4-6H,1-3H2,(H,11,12)/t4-,5+,6-/m0/s1. The lowest BCUT2D eigenvalue weighted by atomic mass is 9.86. The monoisotopic (exact) mass is 176 g/mol. The fourth-order valence-corrected chi connectivity index (χ4v) is 2.59. The third-order valence-corrected chi connectivity index (χ3v) is 3.08. The van der Waals surface area contributed by atoms with Crippen LogP contribution in [0.15, 0.2) is 0 Å². The molecule has 0 spiro atoms. The van der Waals surface area contributed by atoms with Gasteiger partial charge in [-0.05, 0) is 18.8 Å². The average Bonchev–Trinajstić information content (AvgIpc) is 2.40. The molecule has 12 heavy (non-hydrogen) atoms. The number of rotatable bonds is 1. The molecule has 0 saturated heterocycles. The van der Waals surface area contributed by atoms with Crippen molar-refractivity contribution in [3.8, 4) is 0 Å². The molecule has 3 atom stereocenters. The van der Waals surface area contributed by atoms with Gasteiger partial charge in [-0.25, -0.2) is 8.78 Å². The third kappa shape index (κ3) is 0.934. The van der Waals surface area contributed by atoms with Crippen LogP contribution in [0.3, 0.4) is 0 Å². The zero-order valence-corrected chi connectivity index (χ0v) is 6.46. The lowest BCUT2D eigenvalue weighted by molar-refractivity contribution is -0.152. The molecular weight excluding hydrogens is 166 g/mol. The minimum absolute atomic E-state index is 0.0499. The summed E-state index contributed by atoms with van der Waals surface area (Å²) in [5.41, 5.74) is 0. The van der Waals surface area contributed by atoms with Gasteiger partial charge in [0.05, 0.1) is 5.92 Å². The Labute approximate surface area is 68.6 Å². The minimum atomic E-state index is -2.72. The molecule has 0 unspecified atom stereocenters. The lowest BCUT2D eigenvalue weighted by Crippen LogP contribution is -2.34. The van der Waals surface area contributed by atoms with Gasteiger partial charge >= 0.3 is 5.97 Å². The number of aliphatic carboxylic acids is 1. The Morgan fingerprint density at radius 2 is 2.08 bits per heavy atom. The number of carbonyl (C=O) groups is 1. The molecule has 0 heterocycles. The van der Waals surface area contributed by atoms with E-state index in [0.29, 0.717) is 12.8 Å². The second kappa shape index (κ2) is 2.18. The first-order valence-electron chi connectivity index (χ1n) is 4.11. The highest BCUT2D eigenvalue weighted by Crippen LogP contribution is 2.56. The van der Waals surface area contributed by atoms with Crippen molar-refractivity contribution >= 4 is 5.97 Å². The predicted molar refractivity (Wildman–Crippen MR) is 36.9 cm³/mol. The average molecular weight is 176 g/mol. The Bertz CT molecular complexity index is 227. The summed E-state index contributed by atoms with van der Waals surface area (Å²) in [5.74, 6) is -5.50. The van der Waals surface area contributed by atoms with E-state index in [9.17, 15) is 13.6 Å². The van der Waals surface area contributed by atoms with Crippen molar-refractivity contribution in [2.24, 2.45) is 17.8 Å². The summed E-state index contributed by atoms with van der Waals surface area (Å²) in [4.78, 5) is 10.5. The van der Waals surface area contributed by atoms with E-state index >= 15 is 0 Å². The van der Waals surface area contributed by atoms with Gasteiger partial charge in [-0.2, -0.15) is 0 Å². The van der Waals surface area contributed by atoms with Gasteiger partial charge in [-0.15, -0.1) is 0 Å². The number of carboxylic acids is 1. The SMILES string of the molecule is O=C(O)[C@@H]1C[C@H]2C[C@@H]1C(F)(F)C2. The first-order chi connectivity index (χ1) is 5.50. The van der Waals surface area contributed by atoms with Gasteiger partial charge in [0.2, 0.25) is 0 Å². The second-order valence-corrected chi connectivity index (χ2v) is 3.85. The van der Waals surface area contributed by atoms with Crippen LogP contribution in [-0.4, -0.2) is 17.0 Å². The molecule has 0 radical (unpaired) electrons. The largest absolute Gasteiger partial charge is 0.481 e. The van der Waals surface area contributed by atoms with Gasteiger partial charge in [0.15, 0.2) is 0 Å². The molecule has 0 aliphatic heterocycles. The van der Waals surface area contributed by atoms with Gasteiger partial charge in [-0.1, -0.05) is 0 Å². The van der Waals surface area contributed by atoms with Crippen molar-refractivity contribution in [2.45, 2.75) is 25.2 Å². The predicted octanol–water partition coefficient (Wildman–Crippen LogP) is 1.75. The van der Waals surface area contributed by atoms with Gasteiger partial charge < -0.3 is 5.11 Å². The summed E-state index contributed by atoms with van der Waals surface area (Å²) in [6.45, 7) is 0. The topological polar surface area (TPSA) is 37.3 Å². The molecule has 2 bridgehead atoms. The molecule has 0 aromatic heterocycles. The molecule has 2 aliphatic rings. The lowest BCUT2D eigenvalue weighted by Gasteiger charge is -2.26. The molecule has 2 fully saturated rings. The fraction of sp³-hybridized carbons (Fsp3) is 0.875. The molecule has 2 nitrogen and oxygen atoms in total. The first kappa shape index (κ1) is 7.95. The Morgan fingerprint density at radius 1 is 1.42 bits per heavy atom. The molecule has 2 saturated carbocycles. The van der Waals surface area contributed by atoms with E-state index in [1.807, 2.05) is 0 Å². The van der Waals surface area contributed by atoms with Crippen molar-refractivity contribution in [2.75, 3.05) is 0 Å². The Hall–Kier alpha value is -0.670. The number of alkyl halides is 2. The summed E-state index contributed by atoms with van der Waals surface area (Å²) >= 11 is 0. The normalized spacial score (nSPS) is 43.3. The summed E-state index contributed by atoms with van der Waals surface area (Å²) < 4.78 is 26.0. The van der Waals surface area contributed by atoms with Crippen LogP contribution in [-0.2, 0) is 4.79 Å². The number of fused-ring (bicyclic) bond motifs is 2.